The molecule has 1 heterocycles. The Morgan fingerprint density at radius 1 is 1.12 bits per heavy atom. The van der Waals surface area contributed by atoms with Gasteiger partial charge in [0.25, 0.3) is 0 Å². The summed E-state index contributed by atoms with van der Waals surface area (Å²) in [5.74, 6) is 1.19. The Morgan fingerprint density at radius 3 is 2.72 bits per heavy atom. The summed E-state index contributed by atoms with van der Waals surface area (Å²) in [6.45, 7) is 0.958. The second-order valence-corrected chi connectivity index (χ2v) is 6.18. The summed E-state index contributed by atoms with van der Waals surface area (Å²) in [5.41, 5.74) is 1.73. The first-order valence-corrected chi connectivity index (χ1v) is 8.19. The highest BCUT2D eigenvalue weighted by Gasteiger charge is 2.46. The molecular formula is C19H17N3O3. The van der Waals surface area contributed by atoms with Gasteiger partial charge in [-0.2, -0.15) is 5.26 Å². The molecule has 1 fully saturated rings. The second-order valence-electron chi connectivity index (χ2n) is 6.18. The molecule has 1 saturated carbocycles. The van der Waals surface area contributed by atoms with Crippen LogP contribution < -0.4 is 20.1 Å². The van der Waals surface area contributed by atoms with Crippen molar-refractivity contribution in [2.45, 2.75) is 18.4 Å². The quantitative estimate of drug-likeness (QED) is 0.902. The lowest BCUT2D eigenvalue weighted by molar-refractivity contribution is 0.172. The number of hydrogen-bond donors (Lipinski definition) is 2. The number of nitriles is 1. The van der Waals surface area contributed by atoms with Gasteiger partial charge < -0.3 is 20.1 Å². The van der Waals surface area contributed by atoms with Gasteiger partial charge in [0.05, 0.1) is 22.9 Å². The molecule has 4 rings (SSSR count). The Labute approximate surface area is 145 Å². The molecule has 2 aromatic carbocycles. The van der Waals surface area contributed by atoms with Crippen molar-refractivity contribution in [3.63, 3.8) is 0 Å². The van der Waals surface area contributed by atoms with Crippen molar-refractivity contribution in [1.82, 2.24) is 5.32 Å². The van der Waals surface area contributed by atoms with Crippen LogP contribution in [0.4, 0.5) is 10.5 Å². The fourth-order valence-corrected chi connectivity index (χ4v) is 3.04. The van der Waals surface area contributed by atoms with Crippen LogP contribution in [0.3, 0.4) is 0 Å². The van der Waals surface area contributed by atoms with Crippen molar-refractivity contribution in [2.24, 2.45) is 0 Å². The van der Waals surface area contributed by atoms with Gasteiger partial charge in [-0.25, -0.2) is 4.79 Å². The summed E-state index contributed by atoms with van der Waals surface area (Å²) in [6.07, 6.45) is 1.70. The molecule has 0 unspecified atom stereocenters. The normalized spacial score (nSPS) is 16.4. The van der Waals surface area contributed by atoms with Gasteiger partial charge in [-0.15, -0.1) is 0 Å². The molecule has 0 bridgehead atoms. The maximum absolute atomic E-state index is 12.5. The lowest BCUT2D eigenvalue weighted by Crippen LogP contribution is -2.38. The Balaban J connectivity index is 1.50. The van der Waals surface area contributed by atoms with Crippen LogP contribution in [0.25, 0.3) is 0 Å². The Bertz CT molecular complexity index is 868. The second kappa shape index (κ2) is 6.02. The maximum atomic E-state index is 12.5. The van der Waals surface area contributed by atoms with E-state index in [4.69, 9.17) is 14.7 Å². The minimum absolute atomic E-state index is 0.303. The smallest absolute Gasteiger partial charge is 0.320 e. The van der Waals surface area contributed by atoms with Crippen LogP contribution in [0, 0.1) is 11.3 Å². The van der Waals surface area contributed by atoms with Crippen molar-refractivity contribution in [3.05, 3.63) is 53.6 Å². The van der Waals surface area contributed by atoms with E-state index in [2.05, 4.69) is 16.7 Å². The summed E-state index contributed by atoms with van der Waals surface area (Å²) >= 11 is 0. The first-order chi connectivity index (χ1) is 12.2. The third-order valence-corrected chi connectivity index (χ3v) is 4.46. The molecule has 0 radical (unpaired) electrons. The number of amides is 2. The van der Waals surface area contributed by atoms with Crippen LogP contribution in [0.1, 0.15) is 24.0 Å². The molecule has 1 aliphatic heterocycles. The first kappa shape index (κ1) is 15.3. The van der Waals surface area contributed by atoms with Gasteiger partial charge in [-0.1, -0.05) is 18.2 Å². The Kier molecular flexibility index (Phi) is 3.69. The van der Waals surface area contributed by atoms with Crippen LogP contribution in [0.15, 0.2) is 42.5 Å². The molecule has 2 aliphatic rings. The zero-order valence-corrected chi connectivity index (χ0v) is 13.5. The van der Waals surface area contributed by atoms with Gasteiger partial charge in [0.2, 0.25) is 0 Å². The molecule has 0 atom stereocenters. The maximum Gasteiger partial charge on any atom is 0.320 e. The number of nitrogens with one attached hydrogen (secondary N) is 2. The van der Waals surface area contributed by atoms with E-state index >= 15 is 0 Å². The average molecular weight is 335 g/mol. The number of para-hydroxylation sites is 1. The molecule has 6 nitrogen and oxygen atoms in total. The van der Waals surface area contributed by atoms with E-state index in [1.165, 1.54) is 0 Å². The highest BCUT2D eigenvalue weighted by Crippen LogP contribution is 2.46. The van der Waals surface area contributed by atoms with Gasteiger partial charge in [0.1, 0.15) is 13.2 Å². The number of carbonyl (C=O) groups is 1. The molecule has 25 heavy (non-hydrogen) atoms. The molecule has 2 amide bonds. The number of nitrogens with zero attached hydrogens (tertiary/aromatic N) is 1. The number of hydrogen-bond acceptors (Lipinski definition) is 4. The number of benzene rings is 2. The van der Waals surface area contributed by atoms with Crippen LogP contribution >= 0.6 is 0 Å². The molecule has 1 aliphatic carbocycles. The lowest BCUT2D eigenvalue weighted by atomic mass is 10.0. The van der Waals surface area contributed by atoms with E-state index in [1.807, 2.05) is 30.3 Å². The predicted molar refractivity (Wildman–Crippen MR) is 91.7 cm³/mol. The molecule has 126 valence electrons. The van der Waals surface area contributed by atoms with Crippen molar-refractivity contribution in [2.75, 3.05) is 18.5 Å². The molecule has 0 spiro atoms. The number of rotatable bonds is 3. The summed E-state index contributed by atoms with van der Waals surface area (Å²) < 4.78 is 11.1. The van der Waals surface area contributed by atoms with Crippen LogP contribution in [0.5, 0.6) is 11.5 Å². The number of anilines is 1. The van der Waals surface area contributed by atoms with Gasteiger partial charge >= 0.3 is 6.03 Å². The van der Waals surface area contributed by atoms with E-state index in [0.29, 0.717) is 36.0 Å². The van der Waals surface area contributed by atoms with E-state index in [-0.39, 0.29) is 6.03 Å². The third kappa shape index (κ3) is 2.96. The highest BCUT2D eigenvalue weighted by molar-refractivity contribution is 5.92. The summed E-state index contributed by atoms with van der Waals surface area (Å²) in [6, 6.07) is 14.6. The molecule has 0 saturated heterocycles. The monoisotopic (exact) mass is 335 g/mol. The fourth-order valence-electron chi connectivity index (χ4n) is 3.04. The van der Waals surface area contributed by atoms with E-state index in [0.717, 1.165) is 18.4 Å². The fraction of sp³-hybridized carbons (Fsp3) is 0.263. The van der Waals surface area contributed by atoms with Crippen molar-refractivity contribution < 1.29 is 14.3 Å². The van der Waals surface area contributed by atoms with Crippen LogP contribution in [-0.2, 0) is 5.54 Å². The SMILES string of the molecule is N#Cc1cccc(C2(NC(=O)Nc3cccc4c3OCCO4)CC2)c1. The minimum Gasteiger partial charge on any atom is -0.486 e. The Hall–Kier alpha value is -3.20. The summed E-state index contributed by atoms with van der Waals surface area (Å²) in [5, 5.41) is 14.9. The van der Waals surface area contributed by atoms with Crippen molar-refractivity contribution >= 4 is 11.7 Å². The molecule has 2 aromatic rings. The van der Waals surface area contributed by atoms with Crippen LogP contribution in [-0.4, -0.2) is 19.2 Å². The van der Waals surface area contributed by atoms with Gasteiger partial charge in [-0.3, -0.25) is 0 Å². The summed E-state index contributed by atoms with van der Waals surface area (Å²) in [7, 11) is 0. The zero-order valence-electron chi connectivity index (χ0n) is 13.5. The molecule has 2 N–H and O–H groups in total. The van der Waals surface area contributed by atoms with Gasteiger partial charge in [0.15, 0.2) is 11.5 Å². The third-order valence-electron chi connectivity index (χ3n) is 4.46. The lowest BCUT2D eigenvalue weighted by Gasteiger charge is -2.22. The van der Waals surface area contributed by atoms with Gasteiger partial charge in [-0.05, 0) is 42.7 Å². The Morgan fingerprint density at radius 2 is 1.92 bits per heavy atom. The van der Waals surface area contributed by atoms with Crippen LogP contribution in [0.2, 0.25) is 0 Å². The van der Waals surface area contributed by atoms with E-state index < -0.39 is 5.54 Å². The van der Waals surface area contributed by atoms with E-state index in [9.17, 15) is 4.79 Å². The standard InChI is InChI=1S/C19H17N3O3/c20-12-13-3-1-4-14(11-13)19(7-8-19)22-18(23)21-15-5-2-6-16-17(15)25-10-9-24-16/h1-6,11H,7-10H2,(H2,21,22,23). The summed E-state index contributed by atoms with van der Waals surface area (Å²) in [4.78, 5) is 12.5. The van der Waals surface area contributed by atoms with Crippen molar-refractivity contribution in [1.29, 1.82) is 5.26 Å². The number of fused-ring (bicyclic) bond motifs is 1. The largest absolute Gasteiger partial charge is 0.486 e. The number of carbonyl (C=O) groups excluding carboxylic acids is 1. The zero-order chi connectivity index (χ0) is 17.3. The first-order valence-electron chi connectivity index (χ1n) is 8.19. The van der Waals surface area contributed by atoms with E-state index in [1.54, 1.807) is 12.1 Å². The number of urea groups is 1. The van der Waals surface area contributed by atoms with Crippen molar-refractivity contribution in [3.8, 4) is 17.6 Å². The molecule has 6 heteroatoms. The minimum atomic E-state index is -0.400. The molecule has 0 aromatic heterocycles. The molecular weight excluding hydrogens is 318 g/mol. The van der Waals surface area contributed by atoms with Gasteiger partial charge in [0, 0.05) is 0 Å². The average Bonchev–Trinajstić information content (AvgIpc) is 3.42. The predicted octanol–water partition coefficient (Wildman–Crippen LogP) is 3.14. The highest BCUT2D eigenvalue weighted by atomic mass is 16.6. The topological polar surface area (TPSA) is 83.4 Å². The number of ether oxygens (including phenoxy) is 2.